The summed E-state index contributed by atoms with van der Waals surface area (Å²) in [5, 5.41) is 8.42. The van der Waals surface area contributed by atoms with Crippen LogP contribution in [0.25, 0.3) is 0 Å². The Morgan fingerprint density at radius 2 is 2.07 bits per heavy atom. The summed E-state index contributed by atoms with van der Waals surface area (Å²) >= 11 is 0. The van der Waals surface area contributed by atoms with E-state index >= 15 is 0 Å². The number of aliphatic hydroxyl groups is 1. The molecule has 0 aromatic heterocycles. The van der Waals surface area contributed by atoms with Gasteiger partial charge < -0.3 is 14.7 Å². The van der Waals surface area contributed by atoms with Gasteiger partial charge in [-0.3, -0.25) is 0 Å². The zero-order chi connectivity index (χ0) is 11.1. The lowest BCUT2D eigenvalue weighted by Gasteiger charge is -2.25. The molecule has 1 amide bonds. The molecule has 1 heterocycles. The first-order valence-corrected chi connectivity index (χ1v) is 5.40. The van der Waals surface area contributed by atoms with E-state index in [0.29, 0.717) is 0 Å². The fourth-order valence-corrected chi connectivity index (χ4v) is 1.53. The number of halogens is 1. The van der Waals surface area contributed by atoms with Gasteiger partial charge in [0.1, 0.15) is 6.17 Å². The Morgan fingerprint density at radius 3 is 2.67 bits per heavy atom. The summed E-state index contributed by atoms with van der Waals surface area (Å²) in [5.41, 5.74) is 0. The van der Waals surface area contributed by atoms with Gasteiger partial charge in [0.15, 0.2) is 0 Å². The largest absolute Gasteiger partial charge is 0.449 e. The van der Waals surface area contributed by atoms with Crippen molar-refractivity contribution in [2.24, 2.45) is 0 Å². The van der Waals surface area contributed by atoms with Crippen molar-refractivity contribution in [3.8, 4) is 0 Å². The van der Waals surface area contributed by atoms with Crippen molar-refractivity contribution in [2.75, 3.05) is 26.3 Å². The van der Waals surface area contributed by atoms with Gasteiger partial charge in [-0.1, -0.05) is 0 Å². The summed E-state index contributed by atoms with van der Waals surface area (Å²) in [7, 11) is 0. The Morgan fingerprint density at radius 1 is 1.40 bits per heavy atom. The highest BCUT2D eigenvalue weighted by Gasteiger charge is 2.17. The number of carbonyl (C=O) groups excluding carboxylic acids is 1. The maximum absolute atomic E-state index is 12.6. The van der Waals surface area contributed by atoms with Gasteiger partial charge in [-0.25, -0.2) is 9.18 Å². The molecular weight excluding hydrogens is 201 g/mol. The molecule has 0 aromatic rings. The zero-order valence-corrected chi connectivity index (χ0v) is 8.82. The smallest absolute Gasteiger partial charge is 0.409 e. The third kappa shape index (κ3) is 4.46. The number of hydrogen-bond acceptors (Lipinski definition) is 3. The molecule has 1 N–H and O–H groups in total. The molecule has 0 spiro atoms. The molecule has 1 unspecified atom stereocenters. The van der Waals surface area contributed by atoms with Crippen molar-refractivity contribution in [1.82, 2.24) is 4.90 Å². The first kappa shape index (κ1) is 12.2. The van der Waals surface area contributed by atoms with Crippen LogP contribution in [0.15, 0.2) is 0 Å². The van der Waals surface area contributed by atoms with Gasteiger partial charge in [0.05, 0.1) is 13.2 Å². The molecule has 1 aliphatic rings. The third-order valence-electron chi connectivity index (χ3n) is 2.47. The normalized spacial score (nSPS) is 18.7. The van der Waals surface area contributed by atoms with E-state index in [0.717, 1.165) is 32.4 Å². The van der Waals surface area contributed by atoms with Gasteiger partial charge in [-0.15, -0.1) is 0 Å². The molecule has 0 aliphatic carbocycles. The highest BCUT2D eigenvalue weighted by atomic mass is 19.1. The number of carbonyl (C=O) groups is 1. The molecule has 0 radical (unpaired) electrons. The molecule has 1 rings (SSSR count). The van der Waals surface area contributed by atoms with Crippen molar-refractivity contribution >= 4 is 6.09 Å². The van der Waals surface area contributed by atoms with Gasteiger partial charge >= 0.3 is 6.09 Å². The number of nitrogens with zero attached hydrogens (tertiary/aromatic N) is 1. The Hall–Kier alpha value is -0.840. The van der Waals surface area contributed by atoms with E-state index in [4.69, 9.17) is 9.84 Å². The van der Waals surface area contributed by atoms with Crippen molar-refractivity contribution < 1.29 is 19.0 Å². The Kier molecular flexibility index (Phi) is 5.39. The van der Waals surface area contributed by atoms with Crippen LogP contribution >= 0.6 is 0 Å². The highest BCUT2D eigenvalue weighted by Crippen LogP contribution is 2.10. The Bertz CT molecular complexity index is 195. The molecule has 1 fully saturated rings. The standard InChI is InChI=1S/C10H18FNO3/c11-9(8-13)4-7-15-10(14)12-5-2-1-3-6-12/h9,13H,1-8H2. The monoisotopic (exact) mass is 219 g/mol. The van der Waals surface area contributed by atoms with Crippen LogP contribution in [-0.4, -0.2) is 48.6 Å². The number of piperidine rings is 1. The fourth-order valence-electron chi connectivity index (χ4n) is 1.53. The highest BCUT2D eigenvalue weighted by molar-refractivity contribution is 5.67. The first-order chi connectivity index (χ1) is 7.24. The molecule has 4 nitrogen and oxygen atoms in total. The van der Waals surface area contributed by atoms with E-state index in [2.05, 4.69) is 0 Å². The van der Waals surface area contributed by atoms with Gasteiger partial charge in [-0.2, -0.15) is 0 Å². The van der Waals surface area contributed by atoms with E-state index < -0.39 is 12.8 Å². The van der Waals surface area contributed by atoms with Gasteiger partial charge in [0, 0.05) is 19.5 Å². The van der Waals surface area contributed by atoms with Crippen LogP contribution in [0.4, 0.5) is 9.18 Å². The third-order valence-corrected chi connectivity index (χ3v) is 2.47. The Balaban J connectivity index is 2.12. The summed E-state index contributed by atoms with van der Waals surface area (Å²) in [6.45, 7) is 0.994. The second kappa shape index (κ2) is 6.61. The minimum Gasteiger partial charge on any atom is -0.449 e. The summed E-state index contributed by atoms with van der Waals surface area (Å²) in [5.74, 6) is 0. The molecule has 0 saturated carbocycles. The number of amides is 1. The van der Waals surface area contributed by atoms with Crippen molar-refractivity contribution in [2.45, 2.75) is 31.9 Å². The molecule has 88 valence electrons. The summed E-state index contributed by atoms with van der Waals surface area (Å²) in [4.78, 5) is 13.0. The molecule has 15 heavy (non-hydrogen) atoms. The van der Waals surface area contributed by atoms with E-state index in [1.165, 1.54) is 0 Å². The lowest BCUT2D eigenvalue weighted by molar-refractivity contribution is 0.0797. The van der Waals surface area contributed by atoms with E-state index in [1.54, 1.807) is 4.90 Å². The predicted octanol–water partition coefficient (Wildman–Crippen LogP) is 1.33. The molecular formula is C10H18FNO3. The van der Waals surface area contributed by atoms with Crippen molar-refractivity contribution in [3.63, 3.8) is 0 Å². The topological polar surface area (TPSA) is 49.8 Å². The molecule has 0 aromatic carbocycles. The molecule has 5 heteroatoms. The number of rotatable bonds is 4. The number of aliphatic hydroxyl groups excluding tert-OH is 1. The van der Waals surface area contributed by atoms with Crippen LogP contribution in [0.5, 0.6) is 0 Å². The van der Waals surface area contributed by atoms with Crippen LogP contribution in [-0.2, 0) is 4.74 Å². The van der Waals surface area contributed by atoms with Gasteiger partial charge in [-0.05, 0) is 19.3 Å². The van der Waals surface area contributed by atoms with Crippen LogP contribution < -0.4 is 0 Å². The van der Waals surface area contributed by atoms with Crippen LogP contribution in [0.2, 0.25) is 0 Å². The average Bonchev–Trinajstić information content (AvgIpc) is 2.29. The number of hydrogen-bond donors (Lipinski definition) is 1. The summed E-state index contributed by atoms with van der Waals surface area (Å²) in [6, 6.07) is 0. The summed E-state index contributed by atoms with van der Waals surface area (Å²) in [6.07, 6.45) is 1.59. The van der Waals surface area contributed by atoms with Crippen LogP contribution in [0.1, 0.15) is 25.7 Å². The maximum atomic E-state index is 12.6. The second-order valence-electron chi connectivity index (χ2n) is 3.73. The van der Waals surface area contributed by atoms with Gasteiger partial charge in [0.25, 0.3) is 0 Å². The zero-order valence-electron chi connectivity index (χ0n) is 8.82. The lowest BCUT2D eigenvalue weighted by atomic mass is 10.1. The van der Waals surface area contributed by atoms with Crippen molar-refractivity contribution in [1.29, 1.82) is 0 Å². The number of ether oxygens (including phenoxy) is 1. The quantitative estimate of drug-likeness (QED) is 0.776. The molecule has 0 bridgehead atoms. The van der Waals surface area contributed by atoms with Gasteiger partial charge in [0.2, 0.25) is 0 Å². The van der Waals surface area contributed by atoms with Crippen LogP contribution in [0.3, 0.4) is 0 Å². The minimum atomic E-state index is -1.29. The lowest BCUT2D eigenvalue weighted by Crippen LogP contribution is -2.36. The molecule has 1 atom stereocenters. The van der Waals surface area contributed by atoms with Crippen LogP contribution in [0, 0.1) is 0 Å². The fraction of sp³-hybridized carbons (Fsp3) is 0.900. The van der Waals surface area contributed by atoms with E-state index in [9.17, 15) is 9.18 Å². The predicted molar refractivity (Wildman–Crippen MR) is 53.4 cm³/mol. The maximum Gasteiger partial charge on any atom is 0.409 e. The SMILES string of the molecule is O=C(OCCC(F)CO)N1CCCCC1. The molecule has 1 aliphatic heterocycles. The molecule has 1 saturated heterocycles. The first-order valence-electron chi connectivity index (χ1n) is 5.40. The number of likely N-dealkylation sites (tertiary alicyclic amines) is 1. The van der Waals surface area contributed by atoms with Crippen molar-refractivity contribution in [3.05, 3.63) is 0 Å². The Labute approximate surface area is 89.0 Å². The van der Waals surface area contributed by atoms with E-state index in [-0.39, 0.29) is 19.1 Å². The summed E-state index contributed by atoms with van der Waals surface area (Å²) < 4.78 is 17.5. The number of alkyl halides is 1. The average molecular weight is 219 g/mol. The van der Waals surface area contributed by atoms with E-state index in [1.807, 2.05) is 0 Å². The minimum absolute atomic E-state index is 0.0388. The second-order valence-corrected chi connectivity index (χ2v) is 3.73.